The van der Waals surface area contributed by atoms with Gasteiger partial charge in [-0.3, -0.25) is 4.90 Å². The van der Waals surface area contributed by atoms with Gasteiger partial charge in [0.25, 0.3) is 0 Å². The molecule has 0 amide bonds. The van der Waals surface area contributed by atoms with Crippen molar-refractivity contribution in [3.8, 4) is 5.75 Å². The van der Waals surface area contributed by atoms with Gasteiger partial charge in [0.05, 0.1) is 11.0 Å². The predicted octanol–water partition coefficient (Wildman–Crippen LogP) is 3.54. The molecule has 0 aromatic heterocycles. The van der Waals surface area contributed by atoms with Crippen LogP contribution in [-0.4, -0.2) is 49.9 Å². The second-order valence-corrected chi connectivity index (χ2v) is 9.10. The molecule has 0 bridgehead atoms. The fourth-order valence-corrected chi connectivity index (χ4v) is 4.81. The van der Waals surface area contributed by atoms with E-state index in [1.807, 2.05) is 32.0 Å². The van der Waals surface area contributed by atoms with E-state index in [9.17, 15) is 8.42 Å². The normalized spacial score (nSPS) is 17.8. The minimum atomic E-state index is -3.47. The van der Waals surface area contributed by atoms with Crippen LogP contribution in [0, 0.1) is 0 Å². The first-order valence-corrected chi connectivity index (χ1v) is 10.9. The number of hydrogen-bond acceptors (Lipinski definition) is 4. The Labute approximate surface area is 162 Å². The highest BCUT2D eigenvalue weighted by Crippen LogP contribution is 2.25. The van der Waals surface area contributed by atoms with E-state index in [-0.39, 0.29) is 12.1 Å². The number of piperazine rings is 1. The molecule has 3 rings (SSSR count). The summed E-state index contributed by atoms with van der Waals surface area (Å²) in [5, 5.41) is 0. The van der Waals surface area contributed by atoms with Gasteiger partial charge in [-0.05, 0) is 50.6 Å². The highest BCUT2D eigenvalue weighted by molar-refractivity contribution is 7.89. The standard InChI is InChI=1S/C21H28N2O3S/c1-17(2)26-20-9-11-21(12-10-20)27(24,25)23-15-13-22(14-16-23)18(3)19-7-5-4-6-8-19/h4-12,17-18H,13-16H2,1-3H3. The van der Waals surface area contributed by atoms with Gasteiger partial charge in [0.2, 0.25) is 10.0 Å². The summed E-state index contributed by atoms with van der Waals surface area (Å²) in [4.78, 5) is 2.66. The summed E-state index contributed by atoms with van der Waals surface area (Å²) in [6, 6.07) is 17.3. The van der Waals surface area contributed by atoms with Crippen LogP contribution in [0.5, 0.6) is 5.75 Å². The van der Waals surface area contributed by atoms with E-state index in [0.717, 1.165) is 13.1 Å². The van der Waals surface area contributed by atoms with Crippen LogP contribution in [0.1, 0.15) is 32.4 Å². The first kappa shape index (κ1) is 19.9. The lowest BCUT2D eigenvalue weighted by atomic mass is 10.1. The largest absolute Gasteiger partial charge is 0.491 e. The highest BCUT2D eigenvalue weighted by atomic mass is 32.2. The van der Waals surface area contributed by atoms with Gasteiger partial charge in [0.15, 0.2) is 0 Å². The molecule has 1 aliphatic rings. The lowest BCUT2D eigenvalue weighted by Crippen LogP contribution is -2.49. The predicted molar refractivity (Wildman–Crippen MR) is 107 cm³/mol. The van der Waals surface area contributed by atoms with Crippen molar-refractivity contribution in [2.45, 2.75) is 37.8 Å². The molecule has 5 nitrogen and oxygen atoms in total. The summed E-state index contributed by atoms with van der Waals surface area (Å²) in [5.41, 5.74) is 1.26. The van der Waals surface area contributed by atoms with Crippen LogP contribution >= 0.6 is 0 Å². The van der Waals surface area contributed by atoms with Crippen LogP contribution in [0.2, 0.25) is 0 Å². The molecule has 0 radical (unpaired) electrons. The number of nitrogens with zero attached hydrogens (tertiary/aromatic N) is 2. The molecule has 1 aliphatic heterocycles. The summed E-state index contributed by atoms with van der Waals surface area (Å²) in [6.45, 7) is 8.52. The van der Waals surface area contributed by atoms with E-state index < -0.39 is 10.0 Å². The third-order valence-electron chi connectivity index (χ3n) is 4.94. The molecule has 0 spiro atoms. The zero-order valence-corrected chi connectivity index (χ0v) is 17.0. The maximum absolute atomic E-state index is 12.9. The van der Waals surface area contributed by atoms with Crippen molar-refractivity contribution in [1.29, 1.82) is 0 Å². The Morgan fingerprint density at radius 2 is 1.44 bits per heavy atom. The minimum absolute atomic E-state index is 0.0622. The Morgan fingerprint density at radius 1 is 0.852 bits per heavy atom. The van der Waals surface area contributed by atoms with Crippen molar-refractivity contribution in [2.75, 3.05) is 26.2 Å². The number of hydrogen-bond donors (Lipinski definition) is 0. The van der Waals surface area contributed by atoms with Gasteiger partial charge in [0, 0.05) is 32.2 Å². The number of ether oxygens (including phenoxy) is 1. The Hall–Kier alpha value is -1.89. The lowest BCUT2D eigenvalue weighted by Gasteiger charge is -2.37. The van der Waals surface area contributed by atoms with Crippen LogP contribution in [0.15, 0.2) is 59.5 Å². The van der Waals surface area contributed by atoms with E-state index in [1.54, 1.807) is 28.6 Å². The van der Waals surface area contributed by atoms with Crippen molar-refractivity contribution in [1.82, 2.24) is 9.21 Å². The lowest BCUT2D eigenvalue weighted by molar-refractivity contribution is 0.146. The molecule has 0 N–H and O–H groups in total. The molecule has 6 heteroatoms. The quantitative estimate of drug-likeness (QED) is 0.759. The molecular formula is C21H28N2O3S. The molecule has 0 aliphatic carbocycles. The topological polar surface area (TPSA) is 49.9 Å². The first-order chi connectivity index (χ1) is 12.9. The van der Waals surface area contributed by atoms with E-state index in [0.29, 0.717) is 23.7 Å². The van der Waals surface area contributed by atoms with Crippen molar-refractivity contribution < 1.29 is 13.2 Å². The van der Waals surface area contributed by atoms with E-state index in [4.69, 9.17) is 4.74 Å². The fourth-order valence-electron chi connectivity index (χ4n) is 3.39. The summed E-state index contributed by atoms with van der Waals surface area (Å²) in [7, 11) is -3.47. The van der Waals surface area contributed by atoms with Gasteiger partial charge in [-0.15, -0.1) is 0 Å². The third kappa shape index (κ3) is 4.69. The number of benzene rings is 2. The van der Waals surface area contributed by atoms with Gasteiger partial charge in [-0.1, -0.05) is 30.3 Å². The van der Waals surface area contributed by atoms with Gasteiger partial charge >= 0.3 is 0 Å². The molecule has 1 saturated heterocycles. The highest BCUT2D eigenvalue weighted by Gasteiger charge is 2.30. The van der Waals surface area contributed by atoms with Crippen LogP contribution < -0.4 is 4.74 Å². The summed E-state index contributed by atoms with van der Waals surface area (Å²) >= 11 is 0. The molecule has 2 aromatic carbocycles. The average molecular weight is 389 g/mol. The molecular weight excluding hydrogens is 360 g/mol. The SMILES string of the molecule is CC(C)Oc1ccc(S(=O)(=O)N2CCN(C(C)c3ccccc3)CC2)cc1. The van der Waals surface area contributed by atoms with Gasteiger partial charge in [-0.2, -0.15) is 4.31 Å². The smallest absolute Gasteiger partial charge is 0.243 e. The Balaban J connectivity index is 1.64. The van der Waals surface area contributed by atoms with Crippen molar-refractivity contribution >= 4 is 10.0 Å². The first-order valence-electron chi connectivity index (χ1n) is 9.44. The summed E-state index contributed by atoms with van der Waals surface area (Å²) < 4.78 is 33.0. The Bertz CT molecular complexity index is 827. The summed E-state index contributed by atoms with van der Waals surface area (Å²) in [6.07, 6.45) is 0.0622. The second kappa shape index (κ2) is 8.42. The zero-order valence-electron chi connectivity index (χ0n) is 16.2. The van der Waals surface area contributed by atoms with E-state index in [1.165, 1.54) is 5.56 Å². The minimum Gasteiger partial charge on any atom is -0.491 e. The van der Waals surface area contributed by atoms with Crippen LogP contribution in [0.25, 0.3) is 0 Å². The Morgan fingerprint density at radius 3 is 2.00 bits per heavy atom. The second-order valence-electron chi connectivity index (χ2n) is 7.16. The fraction of sp³-hybridized carbons (Fsp3) is 0.429. The van der Waals surface area contributed by atoms with E-state index >= 15 is 0 Å². The molecule has 0 saturated carbocycles. The van der Waals surface area contributed by atoms with Gasteiger partial charge < -0.3 is 4.74 Å². The average Bonchev–Trinajstić information content (AvgIpc) is 2.68. The monoisotopic (exact) mass is 388 g/mol. The van der Waals surface area contributed by atoms with Gasteiger partial charge in [-0.25, -0.2) is 8.42 Å². The molecule has 1 atom stereocenters. The Kier molecular flexibility index (Phi) is 6.19. The number of sulfonamides is 1. The van der Waals surface area contributed by atoms with Crippen molar-refractivity contribution in [2.24, 2.45) is 0 Å². The third-order valence-corrected chi connectivity index (χ3v) is 6.85. The molecule has 1 fully saturated rings. The molecule has 1 heterocycles. The molecule has 146 valence electrons. The van der Waals surface area contributed by atoms with Gasteiger partial charge in [0.1, 0.15) is 5.75 Å². The summed E-state index contributed by atoms with van der Waals surface area (Å²) in [5.74, 6) is 0.686. The zero-order chi connectivity index (χ0) is 19.4. The maximum Gasteiger partial charge on any atom is 0.243 e. The van der Waals surface area contributed by atoms with Crippen LogP contribution in [-0.2, 0) is 10.0 Å². The van der Waals surface area contributed by atoms with Crippen molar-refractivity contribution in [3.05, 3.63) is 60.2 Å². The van der Waals surface area contributed by atoms with E-state index in [2.05, 4.69) is 24.0 Å². The van der Waals surface area contributed by atoms with Crippen LogP contribution in [0.4, 0.5) is 0 Å². The van der Waals surface area contributed by atoms with Crippen molar-refractivity contribution in [3.63, 3.8) is 0 Å². The van der Waals surface area contributed by atoms with Crippen LogP contribution in [0.3, 0.4) is 0 Å². The molecule has 1 unspecified atom stereocenters. The number of rotatable bonds is 6. The molecule has 2 aromatic rings. The molecule has 27 heavy (non-hydrogen) atoms. The maximum atomic E-state index is 12.9.